The second-order valence-electron chi connectivity index (χ2n) is 6.73. The highest BCUT2D eigenvalue weighted by molar-refractivity contribution is 7.98. The van der Waals surface area contributed by atoms with Gasteiger partial charge in [0.25, 0.3) is 0 Å². The number of carbonyl (C=O) groups is 2. The molecular weight excluding hydrogens is 391 g/mol. The van der Waals surface area contributed by atoms with E-state index in [0.717, 1.165) is 10.6 Å². The minimum Gasteiger partial charge on any atom is -0.326 e. The van der Waals surface area contributed by atoms with Gasteiger partial charge in [-0.15, -0.1) is 11.8 Å². The van der Waals surface area contributed by atoms with Gasteiger partial charge >= 0.3 is 0 Å². The van der Waals surface area contributed by atoms with E-state index < -0.39 is 11.7 Å². The second-order valence-corrected chi connectivity index (χ2v) is 7.61. The molecule has 29 heavy (non-hydrogen) atoms. The summed E-state index contributed by atoms with van der Waals surface area (Å²) in [6.07, 6.45) is 6.82. The first-order valence-corrected chi connectivity index (χ1v) is 10.3. The highest BCUT2D eigenvalue weighted by Crippen LogP contribution is 2.28. The smallest absolute Gasteiger partial charge is 0.229 e. The first-order chi connectivity index (χ1) is 14.0. The quantitative estimate of drug-likeness (QED) is 0.651. The van der Waals surface area contributed by atoms with Gasteiger partial charge in [0.1, 0.15) is 5.82 Å². The number of imidazole rings is 1. The summed E-state index contributed by atoms with van der Waals surface area (Å²) >= 11 is 1.63. The summed E-state index contributed by atoms with van der Waals surface area (Å²) in [4.78, 5) is 31.7. The molecule has 1 aliphatic heterocycles. The van der Waals surface area contributed by atoms with Crippen molar-refractivity contribution in [2.75, 3.05) is 23.0 Å². The van der Waals surface area contributed by atoms with Crippen LogP contribution in [-0.4, -0.2) is 34.2 Å². The lowest BCUT2D eigenvalue weighted by Gasteiger charge is -2.17. The largest absolute Gasteiger partial charge is 0.326 e. The van der Waals surface area contributed by atoms with Gasteiger partial charge in [-0.25, -0.2) is 9.37 Å². The molecule has 8 heteroatoms. The Labute approximate surface area is 171 Å². The van der Waals surface area contributed by atoms with Crippen molar-refractivity contribution in [1.82, 2.24) is 9.55 Å². The minimum absolute atomic E-state index is 0.0938. The van der Waals surface area contributed by atoms with Gasteiger partial charge in [-0.3, -0.25) is 9.59 Å². The van der Waals surface area contributed by atoms with Crippen molar-refractivity contribution in [1.29, 1.82) is 0 Å². The zero-order chi connectivity index (χ0) is 20.4. The van der Waals surface area contributed by atoms with E-state index in [1.165, 1.54) is 12.4 Å². The van der Waals surface area contributed by atoms with E-state index >= 15 is 0 Å². The van der Waals surface area contributed by atoms with Crippen molar-refractivity contribution in [3.05, 3.63) is 67.0 Å². The molecule has 0 radical (unpaired) electrons. The summed E-state index contributed by atoms with van der Waals surface area (Å²) < 4.78 is 15.9. The third kappa shape index (κ3) is 4.02. The number of nitrogens with zero attached hydrogens (tertiary/aromatic N) is 3. The fourth-order valence-electron chi connectivity index (χ4n) is 3.33. The Kier molecular flexibility index (Phi) is 5.35. The van der Waals surface area contributed by atoms with Crippen LogP contribution in [0.1, 0.15) is 6.42 Å². The van der Waals surface area contributed by atoms with Crippen molar-refractivity contribution < 1.29 is 14.0 Å². The van der Waals surface area contributed by atoms with Crippen LogP contribution >= 0.6 is 11.8 Å². The molecule has 2 aromatic carbocycles. The fourth-order valence-corrected chi connectivity index (χ4v) is 3.74. The standard InChI is InChI=1S/C21H19FN4O2S/c1-29-17-5-3-16(4-6-17)26-12-14(10-20(26)27)21(28)24-15-2-7-19(18(22)11-15)25-9-8-23-13-25/h2-9,11,13-14H,10,12H2,1H3,(H,24,28). The number of halogens is 1. The van der Waals surface area contributed by atoms with Crippen LogP contribution in [0.3, 0.4) is 0 Å². The van der Waals surface area contributed by atoms with Crippen molar-refractivity contribution in [3.8, 4) is 5.69 Å². The minimum atomic E-state index is -0.487. The summed E-state index contributed by atoms with van der Waals surface area (Å²) in [5.41, 5.74) is 1.47. The SMILES string of the molecule is CSc1ccc(N2CC(C(=O)Nc3ccc(-n4ccnc4)c(F)c3)CC2=O)cc1. The van der Waals surface area contributed by atoms with E-state index in [4.69, 9.17) is 0 Å². The van der Waals surface area contributed by atoms with E-state index in [1.807, 2.05) is 30.5 Å². The molecule has 0 spiro atoms. The van der Waals surface area contributed by atoms with Crippen LogP contribution < -0.4 is 10.2 Å². The van der Waals surface area contributed by atoms with Gasteiger partial charge in [0.2, 0.25) is 11.8 Å². The number of benzene rings is 2. The monoisotopic (exact) mass is 410 g/mol. The number of nitrogens with one attached hydrogen (secondary N) is 1. The number of hydrogen-bond acceptors (Lipinski definition) is 4. The predicted octanol–water partition coefficient (Wildman–Crippen LogP) is 3.72. The van der Waals surface area contributed by atoms with Gasteiger partial charge in [-0.1, -0.05) is 0 Å². The van der Waals surface area contributed by atoms with Gasteiger partial charge < -0.3 is 14.8 Å². The molecule has 1 unspecified atom stereocenters. The maximum Gasteiger partial charge on any atom is 0.229 e. The first kappa shape index (κ1) is 19.2. The topological polar surface area (TPSA) is 67.2 Å². The highest BCUT2D eigenvalue weighted by Gasteiger charge is 2.35. The van der Waals surface area contributed by atoms with Crippen molar-refractivity contribution in [3.63, 3.8) is 0 Å². The maximum absolute atomic E-state index is 14.4. The zero-order valence-electron chi connectivity index (χ0n) is 15.7. The molecule has 1 N–H and O–H groups in total. The average Bonchev–Trinajstić information content (AvgIpc) is 3.38. The van der Waals surface area contributed by atoms with Crippen LogP contribution in [0.5, 0.6) is 0 Å². The normalized spacial score (nSPS) is 16.3. The van der Waals surface area contributed by atoms with Gasteiger partial charge in [-0.2, -0.15) is 0 Å². The summed E-state index contributed by atoms with van der Waals surface area (Å²) in [5.74, 6) is -1.35. The molecule has 0 saturated carbocycles. The molecule has 0 bridgehead atoms. The van der Waals surface area contributed by atoms with Crippen LogP contribution in [-0.2, 0) is 9.59 Å². The number of carbonyl (C=O) groups excluding carboxylic acids is 2. The molecule has 2 heterocycles. The van der Waals surface area contributed by atoms with E-state index in [0.29, 0.717) is 17.9 Å². The molecule has 1 atom stereocenters. The van der Waals surface area contributed by atoms with Gasteiger partial charge in [0.05, 0.1) is 17.9 Å². The van der Waals surface area contributed by atoms with E-state index in [9.17, 15) is 14.0 Å². The first-order valence-electron chi connectivity index (χ1n) is 9.08. The van der Waals surface area contributed by atoms with Crippen molar-refractivity contribution in [2.24, 2.45) is 5.92 Å². The molecular formula is C21H19FN4O2S. The lowest BCUT2D eigenvalue weighted by Crippen LogP contribution is -2.28. The Hall–Kier alpha value is -3.13. The van der Waals surface area contributed by atoms with Crippen LogP contribution in [0.4, 0.5) is 15.8 Å². The third-order valence-corrected chi connectivity index (χ3v) is 5.62. The molecule has 1 fully saturated rings. The maximum atomic E-state index is 14.4. The molecule has 1 aromatic heterocycles. The Morgan fingerprint density at radius 3 is 2.69 bits per heavy atom. The van der Waals surface area contributed by atoms with Crippen LogP contribution in [0.25, 0.3) is 5.69 Å². The van der Waals surface area contributed by atoms with Gasteiger partial charge in [0, 0.05) is 41.6 Å². The molecule has 2 amide bonds. The van der Waals surface area contributed by atoms with E-state index in [1.54, 1.807) is 45.8 Å². The van der Waals surface area contributed by atoms with Crippen molar-refractivity contribution >= 4 is 35.0 Å². The lowest BCUT2D eigenvalue weighted by molar-refractivity contribution is -0.122. The highest BCUT2D eigenvalue weighted by atomic mass is 32.2. The molecule has 0 aliphatic carbocycles. The summed E-state index contributed by atoms with van der Waals surface area (Å²) in [6, 6.07) is 12.1. The van der Waals surface area contributed by atoms with Crippen LogP contribution in [0, 0.1) is 11.7 Å². The third-order valence-electron chi connectivity index (χ3n) is 4.88. The Balaban J connectivity index is 1.43. The Morgan fingerprint density at radius 2 is 2.03 bits per heavy atom. The molecule has 148 valence electrons. The number of amides is 2. The fraction of sp³-hybridized carbons (Fsp3) is 0.190. The molecule has 4 rings (SSSR count). The number of hydrogen-bond donors (Lipinski definition) is 1. The summed E-state index contributed by atoms with van der Waals surface area (Å²) in [7, 11) is 0. The molecule has 1 saturated heterocycles. The van der Waals surface area contributed by atoms with Crippen molar-refractivity contribution in [2.45, 2.75) is 11.3 Å². The average molecular weight is 410 g/mol. The summed E-state index contributed by atoms with van der Waals surface area (Å²) in [5, 5.41) is 2.72. The van der Waals surface area contributed by atoms with E-state index in [2.05, 4.69) is 10.3 Å². The van der Waals surface area contributed by atoms with Crippen LogP contribution in [0.15, 0.2) is 66.1 Å². The van der Waals surface area contributed by atoms with E-state index in [-0.39, 0.29) is 18.2 Å². The Bertz CT molecular complexity index is 1040. The molecule has 1 aliphatic rings. The van der Waals surface area contributed by atoms with Crippen LogP contribution in [0.2, 0.25) is 0 Å². The van der Waals surface area contributed by atoms with Gasteiger partial charge in [-0.05, 0) is 48.7 Å². The second kappa shape index (κ2) is 8.08. The number of rotatable bonds is 5. The molecule has 6 nitrogen and oxygen atoms in total. The number of anilines is 2. The predicted molar refractivity (Wildman–Crippen MR) is 111 cm³/mol. The number of thioether (sulfide) groups is 1. The zero-order valence-corrected chi connectivity index (χ0v) is 16.5. The van der Waals surface area contributed by atoms with Gasteiger partial charge in [0.15, 0.2) is 0 Å². The molecule has 3 aromatic rings. The summed E-state index contributed by atoms with van der Waals surface area (Å²) in [6.45, 7) is 0.304. The number of aromatic nitrogens is 2. The Morgan fingerprint density at radius 1 is 1.24 bits per heavy atom. The lowest BCUT2D eigenvalue weighted by atomic mass is 10.1.